The zero-order chi connectivity index (χ0) is 17.0. The summed E-state index contributed by atoms with van der Waals surface area (Å²) in [6, 6.07) is 11.6. The van der Waals surface area contributed by atoms with Crippen molar-refractivity contribution in [1.82, 2.24) is 0 Å². The van der Waals surface area contributed by atoms with Crippen LogP contribution in [-0.2, 0) is 0 Å². The van der Waals surface area contributed by atoms with E-state index in [0.717, 1.165) is 0 Å². The van der Waals surface area contributed by atoms with Gasteiger partial charge in [0.2, 0.25) is 0 Å². The van der Waals surface area contributed by atoms with Crippen LogP contribution in [0.25, 0.3) is 0 Å². The third kappa shape index (κ3) is 4.51. The Hall–Kier alpha value is -2.94. The Bertz CT molecular complexity index is 688. The number of benzene rings is 2. The van der Waals surface area contributed by atoms with Crippen LogP contribution in [0.15, 0.2) is 48.5 Å². The smallest absolute Gasteiger partial charge is 0.454 e. The number of non-ortho nitro benzene ring substituents is 2. The van der Waals surface area contributed by atoms with Crippen LogP contribution in [0.4, 0.5) is 11.4 Å². The highest BCUT2D eigenvalue weighted by molar-refractivity contribution is 6.66. The van der Waals surface area contributed by atoms with E-state index in [9.17, 15) is 20.2 Å². The van der Waals surface area contributed by atoms with Gasteiger partial charge in [0.1, 0.15) is 11.5 Å². The van der Waals surface area contributed by atoms with E-state index in [1.54, 1.807) is 25.2 Å². The molecule has 0 unspecified atom stereocenters. The quantitative estimate of drug-likeness (QED) is 0.453. The highest BCUT2D eigenvalue weighted by atomic mass is 28.4. The van der Waals surface area contributed by atoms with Crippen LogP contribution in [0.2, 0.25) is 13.1 Å². The molecule has 0 radical (unpaired) electrons. The summed E-state index contributed by atoms with van der Waals surface area (Å²) in [6.07, 6.45) is 0. The lowest BCUT2D eigenvalue weighted by atomic mass is 10.3. The first-order chi connectivity index (χ1) is 10.8. The third-order valence-corrected chi connectivity index (χ3v) is 4.24. The normalized spacial score (nSPS) is 10.9. The second kappa shape index (κ2) is 6.44. The second-order valence-corrected chi connectivity index (χ2v) is 8.32. The minimum atomic E-state index is -2.75. The SMILES string of the molecule is C[Si](C)(Oc1cccc([N+](=O)[O-])c1)Oc1cccc([N+](=O)[O-])c1. The van der Waals surface area contributed by atoms with Gasteiger partial charge < -0.3 is 8.85 Å². The number of nitro benzene ring substituents is 2. The van der Waals surface area contributed by atoms with Crippen molar-refractivity contribution in [2.45, 2.75) is 13.1 Å². The number of nitrogens with zero attached hydrogens (tertiary/aromatic N) is 2. The predicted octanol–water partition coefficient (Wildman–Crippen LogP) is 3.66. The summed E-state index contributed by atoms with van der Waals surface area (Å²) < 4.78 is 11.5. The summed E-state index contributed by atoms with van der Waals surface area (Å²) >= 11 is 0. The van der Waals surface area contributed by atoms with Gasteiger partial charge in [0.25, 0.3) is 11.4 Å². The molecule has 0 fully saturated rings. The highest BCUT2D eigenvalue weighted by Gasteiger charge is 2.30. The molecule has 0 heterocycles. The Balaban J connectivity index is 2.16. The van der Waals surface area contributed by atoms with Crippen molar-refractivity contribution in [3.63, 3.8) is 0 Å². The number of rotatable bonds is 6. The summed E-state index contributed by atoms with van der Waals surface area (Å²) in [6.45, 7) is 3.48. The maximum atomic E-state index is 10.8. The molecule has 0 spiro atoms. The van der Waals surface area contributed by atoms with Gasteiger partial charge in [-0.15, -0.1) is 0 Å². The van der Waals surface area contributed by atoms with Crippen LogP contribution in [0.3, 0.4) is 0 Å². The maximum absolute atomic E-state index is 10.8. The predicted molar refractivity (Wildman–Crippen MR) is 84.9 cm³/mol. The van der Waals surface area contributed by atoms with E-state index < -0.39 is 18.4 Å². The van der Waals surface area contributed by atoms with Gasteiger partial charge in [0, 0.05) is 25.2 Å². The minimum absolute atomic E-state index is 0.0809. The molecule has 0 aromatic heterocycles. The second-order valence-electron chi connectivity index (χ2n) is 5.11. The van der Waals surface area contributed by atoms with Gasteiger partial charge in [-0.1, -0.05) is 12.1 Å². The lowest BCUT2D eigenvalue weighted by Crippen LogP contribution is -2.41. The molecule has 0 aliphatic carbocycles. The fourth-order valence-electron chi connectivity index (χ4n) is 1.91. The summed E-state index contributed by atoms with van der Waals surface area (Å²) in [7, 11) is -2.75. The Labute approximate surface area is 132 Å². The lowest BCUT2D eigenvalue weighted by Gasteiger charge is -2.24. The van der Waals surface area contributed by atoms with E-state index >= 15 is 0 Å². The Morgan fingerprint density at radius 3 is 1.57 bits per heavy atom. The maximum Gasteiger partial charge on any atom is 0.454 e. The van der Waals surface area contributed by atoms with Crippen molar-refractivity contribution in [2.24, 2.45) is 0 Å². The van der Waals surface area contributed by atoms with Gasteiger partial charge in [-0.05, 0) is 12.1 Å². The van der Waals surface area contributed by atoms with Crippen molar-refractivity contribution in [1.29, 1.82) is 0 Å². The van der Waals surface area contributed by atoms with Crippen molar-refractivity contribution < 1.29 is 18.7 Å². The molecule has 0 aliphatic rings. The first-order valence-corrected chi connectivity index (χ1v) is 9.45. The molecular formula is C14H14N2O6Si. The van der Waals surface area contributed by atoms with Crippen LogP contribution in [0, 0.1) is 20.2 Å². The molecule has 0 amide bonds. The standard InChI is InChI=1S/C14H14N2O6Si/c1-23(2,21-13-7-3-5-11(9-13)15(17)18)22-14-8-4-6-12(10-14)16(19)20/h3-10H,1-2H3. The third-order valence-electron chi connectivity index (χ3n) is 2.78. The summed E-state index contributed by atoms with van der Waals surface area (Å²) in [5, 5.41) is 21.6. The van der Waals surface area contributed by atoms with Gasteiger partial charge in [-0.25, -0.2) is 0 Å². The summed E-state index contributed by atoms with van der Waals surface area (Å²) in [4.78, 5) is 20.5. The molecular weight excluding hydrogens is 320 g/mol. The number of hydrogen-bond donors (Lipinski definition) is 0. The van der Waals surface area contributed by atoms with E-state index in [2.05, 4.69) is 0 Å². The van der Waals surface area contributed by atoms with E-state index in [-0.39, 0.29) is 11.4 Å². The molecule has 9 heteroatoms. The largest absolute Gasteiger partial charge is 0.512 e. The molecule has 120 valence electrons. The van der Waals surface area contributed by atoms with E-state index in [4.69, 9.17) is 8.85 Å². The van der Waals surface area contributed by atoms with Crippen molar-refractivity contribution in [3.8, 4) is 11.5 Å². The topological polar surface area (TPSA) is 105 Å². The fraction of sp³-hybridized carbons (Fsp3) is 0.143. The fourth-order valence-corrected chi connectivity index (χ4v) is 3.34. The molecule has 2 aromatic rings. The van der Waals surface area contributed by atoms with Crippen LogP contribution >= 0.6 is 0 Å². The van der Waals surface area contributed by atoms with Crippen LogP contribution in [0.1, 0.15) is 0 Å². The molecule has 23 heavy (non-hydrogen) atoms. The van der Waals surface area contributed by atoms with Gasteiger partial charge in [-0.2, -0.15) is 0 Å². The molecule has 0 N–H and O–H groups in total. The van der Waals surface area contributed by atoms with E-state index in [1.807, 2.05) is 0 Å². The van der Waals surface area contributed by atoms with Crippen molar-refractivity contribution >= 4 is 19.9 Å². The Morgan fingerprint density at radius 2 is 1.22 bits per heavy atom. The number of nitro groups is 2. The summed E-state index contributed by atoms with van der Waals surface area (Å²) in [5.74, 6) is 0.641. The number of hydrogen-bond acceptors (Lipinski definition) is 6. The molecule has 2 aromatic carbocycles. The average Bonchev–Trinajstić information content (AvgIpc) is 2.46. The molecule has 0 aliphatic heterocycles. The summed E-state index contributed by atoms with van der Waals surface area (Å²) in [5.41, 5.74) is -0.162. The van der Waals surface area contributed by atoms with Crippen LogP contribution in [-0.4, -0.2) is 18.4 Å². The van der Waals surface area contributed by atoms with E-state index in [1.165, 1.54) is 36.4 Å². The van der Waals surface area contributed by atoms with Gasteiger partial charge in [-0.3, -0.25) is 20.2 Å². The molecule has 2 rings (SSSR count). The van der Waals surface area contributed by atoms with Gasteiger partial charge in [0.05, 0.1) is 22.0 Å². The monoisotopic (exact) mass is 334 g/mol. The van der Waals surface area contributed by atoms with Crippen LogP contribution < -0.4 is 8.85 Å². The average molecular weight is 334 g/mol. The first-order valence-electron chi connectivity index (χ1n) is 6.64. The Morgan fingerprint density at radius 1 is 0.826 bits per heavy atom. The molecule has 0 bridgehead atoms. The molecule has 0 atom stereocenters. The van der Waals surface area contributed by atoms with E-state index in [0.29, 0.717) is 11.5 Å². The van der Waals surface area contributed by atoms with Crippen molar-refractivity contribution in [3.05, 3.63) is 68.8 Å². The lowest BCUT2D eigenvalue weighted by molar-refractivity contribution is -0.385. The van der Waals surface area contributed by atoms with Crippen LogP contribution in [0.5, 0.6) is 11.5 Å². The Kier molecular flexibility index (Phi) is 4.60. The molecule has 0 saturated carbocycles. The van der Waals surface area contributed by atoms with Gasteiger partial charge in [0.15, 0.2) is 0 Å². The zero-order valence-electron chi connectivity index (χ0n) is 12.5. The minimum Gasteiger partial charge on any atom is -0.512 e. The first kappa shape index (κ1) is 16.4. The van der Waals surface area contributed by atoms with Gasteiger partial charge >= 0.3 is 8.56 Å². The molecule has 8 nitrogen and oxygen atoms in total. The molecule has 0 saturated heterocycles. The zero-order valence-corrected chi connectivity index (χ0v) is 13.5. The highest BCUT2D eigenvalue weighted by Crippen LogP contribution is 2.25. The van der Waals surface area contributed by atoms with Crippen molar-refractivity contribution in [2.75, 3.05) is 0 Å².